The van der Waals surface area contributed by atoms with Crippen molar-refractivity contribution in [3.63, 3.8) is 0 Å². The van der Waals surface area contributed by atoms with Crippen LogP contribution in [0.25, 0.3) is 0 Å². The van der Waals surface area contributed by atoms with Crippen molar-refractivity contribution in [2.75, 3.05) is 25.0 Å². The van der Waals surface area contributed by atoms with Gasteiger partial charge in [-0.05, 0) is 29.8 Å². The smallest absolute Gasteiger partial charge is 0.416 e. The summed E-state index contributed by atoms with van der Waals surface area (Å²) < 4.78 is 39.4. The third kappa shape index (κ3) is 8.32. The average molecular weight is 543 g/mol. The number of aliphatic carboxylic acids is 1. The molecule has 0 spiro atoms. The Morgan fingerprint density at radius 1 is 1.19 bits per heavy atom. The van der Waals surface area contributed by atoms with Gasteiger partial charge in [0, 0.05) is 17.8 Å². The number of amides is 2. The van der Waals surface area contributed by atoms with Crippen molar-refractivity contribution in [3.05, 3.63) is 58.4 Å². The van der Waals surface area contributed by atoms with Crippen LogP contribution in [0.5, 0.6) is 0 Å². The van der Waals surface area contributed by atoms with Gasteiger partial charge in [-0.3, -0.25) is 24.4 Å². The van der Waals surface area contributed by atoms with E-state index in [0.29, 0.717) is 30.3 Å². The van der Waals surface area contributed by atoms with Crippen LogP contribution < -0.4 is 21.3 Å². The summed E-state index contributed by atoms with van der Waals surface area (Å²) >= 11 is 5.77. The second-order valence-corrected chi connectivity index (χ2v) is 8.42. The Kier molecular flexibility index (Phi) is 8.89. The Morgan fingerprint density at radius 2 is 1.95 bits per heavy atom. The minimum Gasteiger partial charge on any atom is -0.481 e. The summed E-state index contributed by atoms with van der Waals surface area (Å²) in [4.78, 5) is 44.2. The van der Waals surface area contributed by atoms with Crippen molar-refractivity contribution in [3.8, 4) is 0 Å². The van der Waals surface area contributed by atoms with Crippen LogP contribution in [0.1, 0.15) is 33.9 Å². The third-order valence-corrected chi connectivity index (χ3v) is 5.22. The molecule has 1 aromatic heterocycles. The van der Waals surface area contributed by atoms with Gasteiger partial charge in [0.15, 0.2) is 5.96 Å². The molecule has 2 aromatic rings. The van der Waals surface area contributed by atoms with Crippen LogP contribution in [-0.2, 0) is 15.8 Å². The number of carbonyl (C=O) groups is 3. The number of β-amino-alcohol motifs (C(OH)–C–C–N with tert-alkyl or cyclic N) is 1. The fourth-order valence-electron chi connectivity index (χ4n) is 3.30. The number of nitrogens with zero attached hydrogens (tertiary/aromatic N) is 2. The summed E-state index contributed by atoms with van der Waals surface area (Å²) in [5.41, 5.74) is -0.764. The lowest BCUT2D eigenvalue weighted by molar-refractivity contribution is -0.138. The van der Waals surface area contributed by atoms with Crippen LogP contribution in [0.2, 0.25) is 5.02 Å². The number of guanidine groups is 1. The number of aromatic nitrogens is 1. The summed E-state index contributed by atoms with van der Waals surface area (Å²) in [5, 5.41) is 28.8. The van der Waals surface area contributed by atoms with Gasteiger partial charge in [0.25, 0.3) is 5.91 Å². The normalized spacial score (nSPS) is 16.1. The number of alkyl halides is 3. The van der Waals surface area contributed by atoms with E-state index < -0.39 is 54.6 Å². The molecule has 1 aromatic carbocycles. The molecule has 0 saturated carbocycles. The van der Waals surface area contributed by atoms with Crippen LogP contribution in [0, 0.1) is 0 Å². The van der Waals surface area contributed by atoms with Crippen LogP contribution in [-0.4, -0.2) is 64.7 Å². The number of nitrogens with one attached hydrogen (secondary N) is 4. The van der Waals surface area contributed by atoms with Gasteiger partial charge < -0.3 is 31.5 Å². The van der Waals surface area contributed by atoms with Gasteiger partial charge >= 0.3 is 12.1 Å². The number of hydrogen-bond acceptors (Lipinski definition) is 8. The van der Waals surface area contributed by atoms with Gasteiger partial charge in [-0.15, -0.1) is 0 Å². The molecule has 2 heterocycles. The molecule has 15 heteroatoms. The van der Waals surface area contributed by atoms with E-state index in [1.54, 1.807) is 0 Å². The fourth-order valence-corrected chi connectivity index (χ4v) is 3.54. The summed E-state index contributed by atoms with van der Waals surface area (Å²) in [6.07, 6.45) is -3.38. The van der Waals surface area contributed by atoms with Crippen LogP contribution in [0.15, 0.2) is 41.7 Å². The average Bonchev–Trinajstić information content (AvgIpc) is 2.82. The van der Waals surface area contributed by atoms with Gasteiger partial charge in [0.05, 0.1) is 54.7 Å². The molecule has 1 unspecified atom stereocenters. The second kappa shape index (κ2) is 11.9. The Bertz CT molecular complexity index is 1210. The van der Waals surface area contributed by atoms with Crippen molar-refractivity contribution < 1.29 is 37.8 Å². The zero-order valence-corrected chi connectivity index (χ0v) is 19.7. The van der Waals surface area contributed by atoms with E-state index in [4.69, 9.17) is 16.7 Å². The number of halogens is 4. The van der Waals surface area contributed by atoms with Crippen LogP contribution in [0.4, 0.5) is 18.9 Å². The summed E-state index contributed by atoms with van der Waals surface area (Å²) in [6, 6.07) is 2.61. The molecular formula is C22H22ClF3N6O5. The molecule has 2 atom stereocenters. The monoisotopic (exact) mass is 542 g/mol. The van der Waals surface area contributed by atoms with Crippen molar-refractivity contribution in [1.82, 2.24) is 20.9 Å². The number of rotatable bonds is 8. The Hall–Kier alpha value is -3.91. The van der Waals surface area contributed by atoms with E-state index in [1.807, 2.05) is 0 Å². The number of anilines is 1. The van der Waals surface area contributed by atoms with Crippen LogP contribution >= 0.6 is 11.6 Å². The first kappa shape index (κ1) is 27.7. The molecule has 3 rings (SSSR count). The lowest BCUT2D eigenvalue weighted by atomic mass is 10.0. The van der Waals surface area contributed by atoms with E-state index in [1.165, 1.54) is 18.5 Å². The first-order chi connectivity index (χ1) is 17.4. The number of aliphatic hydroxyl groups excluding tert-OH is 1. The zero-order chi connectivity index (χ0) is 27.2. The molecule has 37 heavy (non-hydrogen) atoms. The molecule has 1 aliphatic heterocycles. The highest BCUT2D eigenvalue weighted by atomic mass is 35.5. The van der Waals surface area contributed by atoms with E-state index in [9.17, 15) is 32.7 Å². The predicted octanol–water partition coefficient (Wildman–Crippen LogP) is 1.55. The quantitative estimate of drug-likeness (QED) is 0.292. The van der Waals surface area contributed by atoms with E-state index in [0.717, 1.165) is 6.07 Å². The van der Waals surface area contributed by atoms with E-state index in [2.05, 4.69) is 31.2 Å². The SMILES string of the molecule is O=C(O)C[C@H](NC(=O)CNC(=O)c1cncc(NC2=NCC(O)CN2)c1)c1cc(Cl)cc(C(F)(F)F)c1. The topological polar surface area (TPSA) is 165 Å². The summed E-state index contributed by atoms with van der Waals surface area (Å²) in [7, 11) is 0. The predicted molar refractivity (Wildman–Crippen MR) is 126 cm³/mol. The van der Waals surface area contributed by atoms with Crippen LogP contribution in [0.3, 0.4) is 0 Å². The van der Waals surface area contributed by atoms with Gasteiger partial charge in [-0.25, -0.2) is 0 Å². The lowest BCUT2D eigenvalue weighted by Gasteiger charge is -2.20. The van der Waals surface area contributed by atoms with E-state index in [-0.39, 0.29) is 22.7 Å². The maximum atomic E-state index is 13.1. The maximum absolute atomic E-state index is 13.1. The Balaban J connectivity index is 1.64. The molecule has 0 aliphatic carbocycles. The minimum atomic E-state index is -4.73. The number of aliphatic hydroxyl groups is 1. The fraction of sp³-hybridized carbons (Fsp3) is 0.318. The standard InChI is InChI=1S/C22H22ClF3N6O5/c23-14-2-11(1-13(4-14)22(24,25)26)17(5-19(35)36)32-18(34)10-28-20(37)12-3-15(7-27-6-12)31-21-29-8-16(33)9-30-21/h1-4,6-7,16-17,33H,5,8-10H2,(H,28,37)(H,32,34)(H,35,36)(H2,29,30,31)/t17-/m0/s1. The van der Waals surface area contributed by atoms with Gasteiger partial charge in [-0.1, -0.05) is 11.6 Å². The number of aliphatic imine (C=N–C) groups is 1. The molecule has 2 amide bonds. The van der Waals surface area contributed by atoms with Gasteiger partial charge in [-0.2, -0.15) is 13.2 Å². The number of hydrogen-bond donors (Lipinski definition) is 6. The lowest BCUT2D eigenvalue weighted by Crippen LogP contribution is -2.42. The first-order valence-corrected chi connectivity index (χ1v) is 11.1. The molecule has 0 saturated heterocycles. The highest BCUT2D eigenvalue weighted by molar-refractivity contribution is 6.30. The zero-order valence-electron chi connectivity index (χ0n) is 19.0. The molecular weight excluding hydrogens is 521 g/mol. The number of carbonyl (C=O) groups excluding carboxylic acids is 2. The number of benzene rings is 1. The molecule has 198 valence electrons. The summed E-state index contributed by atoms with van der Waals surface area (Å²) in [6.45, 7) is -0.0940. The van der Waals surface area contributed by atoms with Crippen molar-refractivity contribution in [2.24, 2.45) is 4.99 Å². The maximum Gasteiger partial charge on any atom is 0.416 e. The largest absolute Gasteiger partial charge is 0.481 e. The second-order valence-electron chi connectivity index (χ2n) is 7.98. The molecule has 0 radical (unpaired) electrons. The minimum absolute atomic E-state index is 0.0843. The Labute approximate surface area is 213 Å². The molecule has 0 fully saturated rings. The molecule has 0 bridgehead atoms. The summed E-state index contributed by atoms with van der Waals surface area (Å²) in [5.74, 6) is -2.51. The first-order valence-electron chi connectivity index (χ1n) is 10.8. The third-order valence-electron chi connectivity index (χ3n) is 5.00. The van der Waals surface area contributed by atoms with Crippen molar-refractivity contribution in [1.29, 1.82) is 0 Å². The van der Waals surface area contributed by atoms with Gasteiger partial charge in [0.2, 0.25) is 5.91 Å². The molecule has 11 nitrogen and oxygen atoms in total. The number of pyridine rings is 1. The number of carboxylic acid groups (broad SMARTS) is 1. The van der Waals surface area contributed by atoms with Gasteiger partial charge in [0.1, 0.15) is 0 Å². The van der Waals surface area contributed by atoms with Crippen molar-refractivity contribution >= 4 is 41.0 Å². The highest BCUT2D eigenvalue weighted by Crippen LogP contribution is 2.33. The molecule has 6 N–H and O–H groups in total. The number of carboxylic acids is 1. The van der Waals surface area contributed by atoms with Crippen molar-refractivity contribution in [2.45, 2.75) is 24.7 Å². The molecule has 1 aliphatic rings. The van der Waals surface area contributed by atoms with E-state index >= 15 is 0 Å². The Morgan fingerprint density at radius 3 is 2.59 bits per heavy atom. The highest BCUT2D eigenvalue weighted by Gasteiger charge is 2.32.